The lowest BCUT2D eigenvalue weighted by Gasteiger charge is -2.03. The molecule has 66 valence electrons. The van der Waals surface area contributed by atoms with Crippen LogP contribution in [0.15, 0.2) is 11.4 Å². The van der Waals surface area contributed by atoms with Crippen LogP contribution in [0.5, 0.6) is 0 Å². The normalized spacial score (nSPS) is 12.8. The topological polar surface area (TPSA) is 69.1 Å². The summed E-state index contributed by atoms with van der Waals surface area (Å²) in [5.74, 6) is -0.446. The lowest BCUT2D eigenvalue weighted by atomic mass is 10.1. The maximum Gasteiger partial charge on any atom is 0.234 e. The standard InChI is InChI=1S/C8H12N2OS/c1-5-2-6(4-12-5)3-7(9)8(10)11/h2,4,7H,3,9H2,1H3,(H2,10,11). The first-order chi connectivity index (χ1) is 5.59. The highest BCUT2D eigenvalue weighted by Gasteiger charge is 2.10. The van der Waals surface area contributed by atoms with Crippen LogP contribution in [-0.2, 0) is 11.2 Å². The first-order valence-electron chi connectivity index (χ1n) is 3.68. The van der Waals surface area contributed by atoms with E-state index < -0.39 is 11.9 Å². The number of primary amides is 1. The molecule has 1 unspecified atom stereocenters. The van der Waals surface area contributed by atoms with Gasteiger partial charge in [0.1, 0.15) is 0 Å². The number of hydrogen-bond acceptors (Lipinski definition) is 3. The summed E-state index contributed by atoms with van der Waals surface area (Å²) in [6, 6.07) is 1.46. The Balaban J connectivity index is 2.58. The summed E-state index contributed by atoms with van der Waals surface area (Å²) in [5.41, 5.74) is 11.6. The quantitative estimate of drug-likeness (QED) is 0.714. The summed E-state index contributed by atoms with van der Waals surface area (Å²) >= 11 is 1.65. The smallest absolute Gasteiger partial charge is 0.234 e. The van der Waals surface area contributed by atoms with Gasteiger partial charge in [-0.25, -0.2) is 0 Å². The molecule has 4 heteroatoms. The summed E-state index contributed by atoms with van der Waals surface area (Å²) in [7, 11) is 0. The van der Waals surface area contributed by atoms with Crippen LogP contribution >= 0.6 is 11.3 Å². The lowest BCUT2D eigenvalue weighted by Crippen LogP contribution is -2.37. The van der Waals surface area contributed by atoms with E-state index in [1.54, 1.807) is 11.3 Å². The minimum atomic E-state index is -0.556. The number of amides is 1. The number of rotatable bonds is 3. The highest BCUT2D eigenvalue weighted by Crippen LogP contribution is 2.13. The molecule has 0 saturated carbocycles. The monoisotopic (exact) mass is 184 g/mol. The Morgan fingerprint density at radius 3 is 2.83 bits per heavy atom. The molecule has 1 amide bonds. The molecule has 0 aliphatic rings. The summed E-state index contributed by atoms with van der Waals surface area (Å²) in [4.78, 5) is 11.8. The average Bonchev–Trinajstić information content (AvgIpc) is 2.35. The molecule has 0 aromatic carbocycles. The third kappa shape index (κ3) is 2.32. The second kappa shape index (κ2) is 3.69. The Labute approximate surface area is 75.4 Å². The van der Waals surface area contributed by atoms with E-state index in [0.29, 0.717) is 6.42 Å². The van der Waals surface area contributed by atoms with Crippen molar-refractivity contribution in [3.8, 4) is 0 Å². The van der Waals surface area contributed by atoms with E-state index in [-0.39, 0.29) is 0 Å². The van der Waals surface area contributed by atoms with Crippen molar-refractivity contribution in [2.24, 2.45) is 11.5 Å². The van der Waals surface area contributed by atoms with E-state index in [1.807, 2.05) is 18.4 Å². The van der Waals surface area contributed by atoms with Crippen molar-refractivity contribution in [3.63, 3.8) is 0 Å². The number of aryl methyl sites for hydroxylation is 1. The molecule has 0 bridgehead atoms. The van der Waals surface area contributed by atoms with Gasteiger partial charge in [0.15, 0.2) is 0 Å². The Kier molecular flexibility index (Phi) is 2.83. The van der Waals surface area contributed by atoms with Crippen LogP contribution in [-0.4, -0.2) is 11.9 Å². The third-order valence-electron chi connectivity index (χ3n) is 1.61. The molecule has 0 saturated heterocycles. The predicted molar refractivity (Wildman–Crippen MR) is 49.9 cm³/mol. The van der Waals surface area contributed by atoms with Crippen molar-refractivity contribution in [3.05, 3.63) is 21.9 Å². The van der Waals surface area contributed by atoms with E-state index in [1.165, 1.54) is 4.88 Å². The van der Waals surface area contributed by atoms with Gasteiger partial charge in [-0.05, 0) is 30.4 Å². The Bertz CT molecular complexity index is 282. The van der Waals surface area contributed by atoms with E-state index in [9.17, 15) is 4.79 Å². The summed E-state index contributed by atoms with van der Waals surface area (Å²) in [5, 5.41) is 2.00. The first-order valence-corrected chi connectivity index (χ1v) is 4.56. The zero-order valence-corrected chi connectivity index (χ0v) is 7.73. The summed E-state index contributed by atoms with van der Waals surface area (Å²) in [6.45, 7) is 2.02. The molecule has 3 nitrogen and oxygen atoms in total. The molecule has 12 heavy (non-hydrogen) atoms. The summed E-state index contributed by atoms with van der Waals surface area (Å²) in [6.07, 6.45) is 0.541. The molecule has 1 aromatic rings. The van der Waals surface area contributed by atoms with Crippen molar-refractivity contribution in [2.75, 3.05) is 0 Å². The molecule has 0 radical (unpaired) electrons. The maximum atomic E-state index is 10.6. The van der Waals surface area contributed by atoms with E-state index in [4.69, 9.17) is 11.5 Å². The number of carbonyl (C=O) groups excluding carboxylic acids is 1. The molecule has 4 N–H and O–H groups in total. The van der Waals surface area contributed by atoms with Gasteiger partial charge >= 0.3 is 0 Å². The van der Waals surface area contributed by atoms with Crippen LogP contribution in [0.4, 0.5) is 0 Å². The van der Waals surface area contributed by atoms with Crippen LogP contribution in [0.2, 0.25) is 0 Å². The fourth-order valence-electron chi connectivity index (χ4n) is 0.959. The van der Waals surface area contributed by atoms with Gasteiger partial charge in [-0.3, -0.25) is 4.79 Å². The predicted octanol–water partition coefficient (Wildman–Crippen LogP) is 0.412. The van der Waals surface area contributed by atoms with E-state index in [0.717, 1.165) is 5.56 Å². The second-order valence-electron chi connectivity index (χ2n) is 2.78. The fraction of sp³-hybridized carbons (Fsp3) is 0.375. The van der Waals surface area contributed by atoms with Crippen molar-refractivity contribution in [1.82, 2.24) is 0 Å². The number of carbonyl (C=O) groups is 1. The van der Waals surface area contributed by atoms with Gasteiger partial charge in [0.25, 0.3) is 0 Å². The molecular weight excluding hydrogens is 172 g/mol. The first kappa shape index (κ1) is 9.22. The maximum absolute atomic E-state index is 10.6. The van der Waals surface area contributed by atoms with Gasteiger partial charge in [-0.2, -0.15) is 0 Å². The zero-order valence-electron chi connectivity index (χ0n) is 6.91. The van der Waals surface area contributed by atoms with Crippen molar-refractivity contribution in [1.29, 1.82) is 0 Å². The van der Waals surface area contributed by atoms with E-state index in [2.05, 4.69) is 0 Å². The van der Waals surface area contributed by atoms with Crippen LogP contribution in [0, 0.1) is 6.92 Å². The minimum Gasteiger partial charge on any atom is -0.368 e. The van der Waals surface area contributed by atoms with Crippen LogP contribution in [0.25, 0.3) is 0 Å². The Hall–Kier alpha value is -0.870. The molecule has 0 aliphatic heterocycles. The fourth-order valence-corrected chi connectivity index (χ4v) is 1.68. The SMILES string of the molecule is Cc1cc(CC(N)C(N)=O)cs1. The van der Waals surface area contributed by atoms with Crippen LogP contribution in [0.3, 0.4) is 0 Å². The average molecular weight is 184 g/mol. The molecule has 1 atom stereocenters. The lowest BCUT2D eigenvalue weighted by molar-refractivity contribution is -0.119. The number of nitrogens with two attached hydrogens (primary N) is 2. The van der Waals surface area contributed by atoms with Gasteiger partial charge in [-0.1, -0.05) is 0 Å². The third-order valence-corrected chi connectivity index (χ3v) is 2.52. The molecule has 1 rings (SSSR count). The van der Waals surface area contributed by atoms with Gasteiger partial charge < -0.3 is 11.5 Å². The van der Waals surface area contributed by atoms with Gasteiger partial charge in [0.05, 0.1) is 6.04 Å². The highest BCUT2D eigenvalue weighted by molar-refractivity contribution is 7.10. The highest BCUT2D eigenvalue weighted by atomic mass is 32.1. The van der Waals surface area contributed by atoms with Gasteiger partial charge in [0, 0.05) is 4.88 Å². The molecule has 0 aliphatic carbocycles. The largest absolute Gasteiger partial charge is 0.368 e. The Morgan fingerprint density at radius 1 is 1.75 bits per heavy atom. The number of thiophene rings is 1. The molecular formula is C8H12N2OS. The Morgan fingerprint density at radius 2 is 2.42 bits per heavy atom. The van der Waals surface area contributed by atoms with Crippen LogP contribution in [0.1, 0.15) is 10.4 Å². The molecule has 0 spiro atoms. The number of hydrogen-bond donors (Lipinski definition) is 2. The molecule has 1 aromatic heterocycles. The van der Waals surface area contributed by atoms with Gasteiger partial charge in [0.2, 0.25) is 5.91 Å². The molecule has 0 fully saturated rings. The molecule has 1 heterocycles. The van der Waals surface area contributed by atoms with Crippen molar-refractivity contribution in [2.45, 2.75) is 19.4 Å². The van der Waals surface area contributed by atoms with Crippen molar-refractivity contribution < 1.29 is 4.79 Å². The second-order valence-corrected chi connectivity index (χ2v) is 3.89. The van der Waals surface area contributed by atoms with Crippen molar-refractivity contribution >= 4 is 17.2 Å². The van der Waals surface area contributed by atoms with E-state index >= 15 is 0 Å². The zero-order chi connectivity index (χ0) is 9.14. The van der Waals surface area contributed by atoms with Crippen LogP contribution < -0.4 is 11.5 Å². The minimum absolute atomic E-state index is 0.446. The van der Waals surface area contributed by atoms with Gasteiger partial charge in [-0.15, -0.1) is 11.3 Å². The summed E-state index contributed by atoms with van der Waals surface area (Å²) < 4.78 is 0.